The zero-order valence-corrected chi connectivity index (χ0v) is 31.8. The molecule has 7 fully saturated rings. The molecular weight excluding hydrogens is 604 g/mol. The molecule has 5 saturated carbocycles. The van der Waals surface area contributed by atoms with E-state index in [1.165, 1.54) is 61.9 Å². The van der Waals surface area contributed by atoms with Gasteiger partial charge in [-0.1, -0.05) is 33.8 Å². The van der Waals surface area contributed by atoms with Gasteiger partial charge < -0.3 is 20.6 Å². The summed E-state index contributed by atoms with van der Waals surface area (Å²) in [6.45, 7) is 14.2. The van der Waals surface area contributed by atoms with E-state index in [1.807, 2.05) is 7.05 Å². The first-order valence-electron chi connectivity index (χ1n) is 20.9. The number of nitrogens with one attached hydrogen (secondary N) is 1. The first-order valence-corrected chi connectivity index (χ1v) is 20.9. The van der Waals surface area contributed by atoms with Gasteiger partial charge >= 0.3 is 0 Å². The van der Waals surface area contributed by atoms with Gasteiger partial charge in [0.15, 0.2) is 0 Å². The van der Waals surface area contributed by atoms with Crippen molar-refractivity contribution in [3.8, 4) is 0 Å². The maximum atomic E-state index is 12.2. The average molecular weight is 675 g/mol. The number of aliphatic hydroxyl groups excluding tert-OH is 2. The minimum Gasteiger partial charge on any atom is -0.393 e. The van der Waals surface area contributed by atoms with E-state index in [1.54, 1.807) is 0 Å². The number of nitrogens with zero attached hydrogens (tertiary/aromatic N) is 1. The Morgan fingerprint density at radius 2 is 1.69 bits per heavy atom. The van der Waals surface area contributed by atoms with Crippen LogP contribution in [0.3, 0.4) is 0 Å². The molecule has 7 aliphatic rings. The van der Waals surface area contributed by atoms with Crippen molar-refractivity contribution >= 4 is 5.69 Å². The van der Waals surface area contributed by atoms with Gasteiger partial charge in [-0.25, -0.2) is 0 Å². The summed E-state index contributed by atoms with van der Waals surface area (Å²) >= 11 is 0. The number of aliphatic hydroxyl groups is 3. The van der Waals surface area contributed by atoms with Crippen molar-refractivity contribution in [3.05, 3.63) is 29.3 Å². The number of hydrogen-bond acceptors (Lipinski definition) is 5. The van der Waals surface area contributed by atoms with Gasteiger partial charge in [0.25, 0.3) is 0 Å². The molecule has 2 heterocycles. The van der Waals surface area contributed by atoms with E-state index >= 15 is 0 Å². The zero-order chi connectivity index (χ0) is 34.5. The number of piperidine rings is 2. The van der Waals surface area contributed by atoms with Crippen LogP contribution in [0, 0.1) is 70.0 Å². The summed E-state index contributed by atoms with van der Waals surface area (Å²) in [7, 11) is 2.02. The number of benzene rings is 1. The summed E-state index contributed by atoms with van der Waals surface area (Å²) in [5.74, 6) is 5.88. The summed E-state index contributed by atoms with van der Waals surface area (Å²) < 4.78 is 0. The largest absolute Gasteiger partial charge is 0.393 e. The number of fused-ring (bicyclic) bond motifs is 8. The standard InChI is InChI=1S/C44H70N2O3/c1-26(2)17-29-10-11-31(45-6)18-30(29)9-8-28-15-16-44(22-28)25-42(4)37-19-33-32(34(37)20-39(47)38(42)21-41(44)48)12-13-36-35(33)24-46-23-27(3)7-14-40(46)43(36,5)49/h10-11,18,26-28,32-41,45,47-49H,7-9,12-17,19-25H2,1-6H3/t27-,28-,32+,33+,34+,35+,36-,37-,38+,39+,40-,41-,42-,43+,44-/m1/s1. The minimum atomic E-state index is -0.588. The molecule has 5 aliphatic carbocycles. The van der Waals surface area contributed by atoms with Crippen molar-refractivity contribution in [2.75, 3.05) is 25.5 Å². The van der Waals surface area contributed by atoms with E-state index < -0.39 is 5.60 Å². The molecule has 274 valence electrons. The summed E-state index contributed by atoms with van der Waals surface area (Å²) in [6, 6.07) is 7.29. The fourth-order valence-corrected chi connectivity index (χ4v) is 15.0. The Labute approximate surface area is 298 Å². The van der Waals surface area contributed by atoms with Crippen molar-refractivity contribution in [1.82, 2.24) is 4.90 Å². The molecule has 0 radical (unpaired) electrons. The lowest BCUT2D eigenvalue weighted by Gasteiger charge is -2.60. The predicted molar refractivity (Wildman–Crippen MR) is 199 cm³/mol. The van der Waals surface area contributed by atoms with E-state index in [-0.39, 0.29) is 29.0 Å². The highest BCUT2D eigenvalue weighted by molar-refractivity contribution is 5.48. The highest BCUT2D eigenvalue weighted by Crippen LogP contribution is 2.70. The Hall–Kier alpha value is -1.14. The molecule has 2 saturated heterocycles. The molecule has 0 amide bonds. The minimum absolute atomic E-state index is 0.00702. The second-order valence-corrected chi connectivity index (χ2v) is 20.2. The first kappa shape index (κ1) is 34.9. The van der Waals surface area contributed by atoms with Gasteiger partial charge in [-0.2, -0.15) is 0 Å². The molecule has 5 heteroatoms. The van der Waals surface area contributed by atoms with Gasteiger partial charge in [0, 0.05) is 31.9 Å². The topological polar surface area (TPSA) is 76.0 Å². The van der Waals surface area contributed by atoms with Gasteiger partial charge in [0.2, 0.25) is 0 Å². The average Bonchev–Trinajstić information content (AvgIpc) is 3.64. The molecule has 49 heavy (non-hydrogen) atoms. The van der Waals surface area contributed by atoms with E-state index in [0.717, 1.165) is 63.8 Å². The quantitative estimate of drug-likeness (QED) is 0.247. The summed E-state index contributed by atoms with van der Waals surface area (Å²) in [5.41, 5.74) is 3.74. The van der Waals surface area contributed by atoms with Crippen LogP contribution in [-0.4, -0.2) is 64.2 Å². The third-order valence-corrected chi connectivity index (χ3v) is 17.1. The summed E-state index contributed by atoms with van der Waals surface area (Å²) in [5, 5.41) is 39.4. The molecule has 15 atom stereocenters. The van der Waals surface area contributed by atoms with E-state index in [2.05, 4.69) is 63.0 Å². The number of hydrogen-bond donors (Lipinski definition) is 4. The molecule has 0 aromatic heterocycles. The predicted octanol–water partition coefficient (Wildman–Crippen LogP) is 7.95. The highest BCUT2D eigenvalue weighted by atomic mass is 16.3. The van der Waals surface area contributed by atoms with Gasteiger partial charge in [0.1, 0.15) is 0 Å². The fourth-order valence-electron chi connectivity index (χ4n) is 15.0. The lowest BCUT2D eigenvalue weighted by atomic mass is 9.46. The van der Waals surface area contributed by atoms with Gasteiger partial charge in [-0.15, -0.1) is 0 Å². The number of anilines is 1. The smallest absolute Gasteiger partial charge is 0.0805 e. The summed E-state index contributed by atoms with van der Waals surface area (Å²) in [6.07, 6.45) is 15.4. The molecular formula is C44H70N2O3. The van der Waals surface area contributed by atoms with Crippen LogP contribution in [0.1, 0.15) is 123 Å². The van der Waals surface area contributed by atoms with Gasteiger partial charge in [-0.3, -0.25) is 4.90 Å². The Bertz CT molecular complexity index is 1360. The van der Waals surface area contributed by atoms with Crippen molar-refractivity contribution < 1.29 is 15.3 Å². The maximum absolute atomic E-state index is 12.2. The van der Waals surface area contributed by atoms with E-state index in [9.17, 15) is 15.3 Å². The molecule has 1 spiro atoms. The Morgan fingerprint density at radius 3 is 2.47 bits per heavy atom. The van der Waals surface area contributed by atoms with Crippen molar-refractivity contribution in [1.29, 1.82) is 0 Å². The molecule has 4 N–H and O–H groups in total. The van der Waals surface area contributed by atoms with Crippen LogP contribution in [0.4, 0.5) is 5.69 Å². The van der Waals surface area contributed by atoms with Crippen LogP contribution in [0.25, 0.3) is 0 Å². The monoisotopic (exact) mass is 675 g/mol. The van der Waals surface area contributed by atoms with Crippen LogP contribution in [0.15, 0.2) is 18.2 Å². The second kappa shape index (κ2) is 12.8. The highest BCUT2D eigenvalue weighted by Gasteiger charge is 2.67. The number of aryl methyl sites for hydroxylation is 1. The van der Waals surface area contributed by atoms with E-state index in [4.69, 9.17) is 0 Å². The summed E-state index contributed by atoms with van der Waals surface area (Å²) in [4.78, 5) is 2.71. The lowest BCUT2D eigenvalue weighted by molar-refractivity contribution is -0.180. The third-order valence-electron chi connectivity index (χ3n) is 17.1. The molecule has 1 aromatic carbocycles. The Balaban J connectivity index is 1.01. The van der Waals surface area contributed by atoms with Gasteiger partial charge in [-0.05, 0) is 190 Å². The molecule has 5 nitrogen and oxygen atoms in total. The first-order chi connectivity index (χ1) is 23.3. The van der Waals surface area contributed by atoms with Crippen molar-refractivity contribution in [3.63, 3.8) is 0 Å². The zero-order valence-electron chi connectivity index (χ0n) is 31.8. The van der Waals surface area contributed by atoms with Crippen LogP contribution in [0.2, 0.25) is 0 Å². The van der Waals surface area contributed by atoms with Crippen molar-refractivity contribution in [2.24, 2.45) is 70.0 Å². The fraction of sp³-hybridized carbons (Fsp3) is 0.864. The van der Waals surface area contributed by atoms with Crippen LogP contribution in [-0.2, 0) is 12.8 Å². The SMILES string of the molecule is CNc1ccc(CC(C)C)c(CC[C@@H]2CC[C@@]3(C2)C[C@]2(C)[C@@H]4C[C@H]5[C@H](CC[C@@H]6[C@H]5CN5C[C@H](C)CC[C@@H]5[C@@]6(C)O)[C@@H]4C[C@H](O)[C@@H]2C[C@H]3O)c1. The third kappa shape index (κ3) is 5.77. The second-order valence-electron chi connectivity index (χ2n) is 20.2. The van der Waals surface area contributed by atoms with Gasteiger partial charge in [0.05, 0.1) is 17.8 Å². The van der Waals surface area contributed by atoms with Crippen LogP contribution < -0.4 is 5.32 Å². The molecule has 2 aliphatic heterocycles. The molecule has 1 aromatic rings. The van der Waals surface area contributed by atoms with Crippen LogP contribution in [0.5, 0.6) is 0 Å². The Morgan fingerprint density at radius 1 is 0.878 bits per heavy atom. The molecule has 0 unspecified atom stereocenters. The van der Waals surface area contributed by atoms with E-state index in [0.29, 0.717) is 53.4 Å². The molecule has 0 bridgehead atoms. The van der Waals surface area contributed by atoms with Crippen molar-refractivity contribution in [2.45, 2.75) is 148 Å². The van der Waals surface area contributed by atoms with Crippen LogP contribution >= 0.6 is 0 Å². The lowest BCUT2D eigenvalue weighted by Crippen LogP contribution is -2.67. The Kier molecular flexibility index (Phi) is 9.10. The number of rotatable bonds is 6. The normalized spacial score (nSPS) is 49.3. The maximum Gasteiger partial charge on any atom is 0.0805 e. The molecule has 8 rings (SSSR count).